The summed E-state index contributed by atoms with van der Waals surface area (Å²) < 4.78 is 0. The number of fused-ring (bicyclic) bond motifs is 3. The van der Waals surface area contributed by atoms with E-state index in [0.717, 1.165) is 44.6 Å². The molecule has 0 aliphatic heterocycles. The van der Waals surface area contributed by atoms with Crippen molar-refractivity contribution < 1.29 is 0 Å². The lowest BCUT2D eigenvalue weighted by Gasteiger charge is -2.04. The molecule has 2 aromatic heterocycles. The summed E-state index contributed by atoms with van der Waals surface area (Å²) in [5, 5.41) is 17.7. The Kier molecular flexibility index (Phi) is 9.37. The predicted molar refractivity (Wildman–Crippen MR) is 165 cm³/mol. The third-order valence-corrected chi connectivity index (χ3v) is 5.99. The quantitative estimate of drug-likeness (QED) is 0.107. The van der Waals surface area contributed by atoms with E-state index in [9.17, 15) is 0 Å². The first-order chi connectivity index (χ1) is 16.5. The summed E-state index contributed by atoms with van der Waals surface area (Å²) >= 11 is 0. The topological polar surface area (TPSA) is 157 Å². The Labute approximate surface area is 242 Å². The number of nitrogens with two attached hydrogens (primary N) is 2. The minimum atomic E-state index is -0.00398. The number of para-hydroxylation sites is 2. The Bertz CT molecular complexity index is 1660. The molecule has 12 heteroatoms. The fraction of sp³-hybridized carbons (Fsp3) is 0. The van der Waals surface area contributed by atoms with Gasteiger partial charge in [-0.3, -0.25) is 10.8 Å². The average molecular weight is 590 g/mol. The zero-order chi connectivity index (χ0) is 23.4. The maximum Gasteiger partial charge on any atom is 0.138 e. The lowest BCUT2D eigenvalue weighted by Crippen LogP contribution is -2.11. The Hall–Kier alpha value is -3.82. The lowest BCUT2D eigenvalue weighted by molar-refractivity contribution is 1.33. The van der Waals surface area contributed by atoms with Crippen molar-refractivity contribution >= 4 is 94.1 Å². The molecule has 0 bridgehead atoms. The van der Waals surface area contributed by atoms with Crippen LogP contribution in [-0.4, -0.2) is 31.6 Å². The highest BCUT2D eigenvalue weighted by molar-refractivity contribution is 6.07. The monoisotopic (exact) mass is 588 g/mol. The SMILES string of the molecule is Cl.Cl.Cl.Cl.N=C(N)c1cccc2[nH]c(-c3ccc4cc(-c5nc6c(C(=N)N)cccc6[nH]5)ccc4c3)nc12. The Balaban J connectivity index is 0.00000127. The van der Waals surface area contributed by atoms with E-state index in [1.54, 1.807) is 12.1 Å². The van der Waals surface area contributed by atoms with Gasteiger partial charge in [0.05, 0.1) is 22.1 Å². The first kappa shape index (κ1) is 30.4. The third-order valence-electron chi connectivity index (χ3n) is 5.99. The van der Waals surface area contributed by atoms with Gasteiger partial charge in [0, 0.05) is 22.3 Å². The van der Waals surface area contributed by atoms with Crippen LogP contribution in [0.3, 0.4) is 0 Å². The molecule has 0 amide bonds. The number of halogens is 4. The zero-order valence-corrected chi connectivity index (χ0v) is 22.9. The third kappa shape index (κ3) is 5.12. The standard InChI is InChI=1S/C26H20N8.4ClH/c27-23(28)17-3-1-5-19-21(17)33-25(31-19)15-9-7-14-12-16(10-8-13(14)11-15)26-32-20-6-2-4-18(24(29)30)22(20)34-26;;;;/h1-12H,(H3,27,28)(H3,29,30)(H,31,33)(H,32,34);4*1H. The van der Waals surface area contributed by atoms with Gasteiger partial charge in [-0.05, 0) is 47.2 Å². The van der Waals surface area contributed by atoms with E-state index in [1.807, 2.05) is 36.4 Å². The molecule has 0 saturated heterocycles. The van der Waals surface area contributed by atoms with E-state index in [4.69, 9.17) is 32.3 Å². The van der Waals surface area contributed by atoms with Gasteiger partial charge in [-0.2, -0.15) is 0 Å². The van der Waals surface area contributed by atoms with Crippen LogP contribution in [0.1, 0.15) is 11.1 Å². The molecule has 0 aliphatic carbocycles. The summed E-state index contributed by atoms with van der Waals surface area (Å²) in [5.41, 5.74) is 17.6. The summed E-state index contributed by atoms with van der Waals surface area (Å²) in [6.07, 6.45) is 0. The summed E-state index contributed by atoms with van der Waals surface area (Å²) in [6.45, 7) is 0. The number of rotatable bonds is 4. The molecule has 6 rings (SSSR count). The number of nitrogen functional groups attached to an aromatic ring is 2. The number of amidine groups is 2. The van der Waals surface area contributed by atoms with Crippen molar-refractivity contribution in [1.29, 1.82) is 10.8 Å². The van der Waals surface area contributed by atoms with Crippen molar-refractivity contribution in [2.75, 3.05) is 0 Å². The van der Waals surface area contributed by atoms with Crippen molar-refractivity contribution in [3.8, 4) is 22.8 Å². The van der Waals surface area contributed by atoms with E-state index in [2.05, 4.69) is 34.2 Å². The van der Waals surface area contributed by atoms with Crippen LogP contribution in [0.2, 0.25) is 0 Å². The second-order valence-corrected chi connectivity index (χ2v) is 8.18. The summed E-state index contributed by atoms with van der Waals surface area (Å²) in [7, 11) is 0. The number of H-pyrrole nitrogens is 2. The summed E-state index contributed by atoms with van der Waals surface area (Å²) in [6, 6.07) is 23.5. The highest BCUT2D eigenvalue weighted by atomic mass is 35.5. The minimum absolute atomic E-state index is 0. The van der Waals surface area contributed by atoms with Crippen LogP contribution in [0, 0.1) is 10.8 Å². The fourth-order valence-electron chi connectivity index (χ4n) is 4.31. The van der Waals surface area contributed by atoms with E-state index in [1.165, 1.54) is 0 Å². The van der Waals surface area contributed by atoms with Gasteiger partial charge in [-0.15, -0.1) is 49.6 Å². The van der Waals surface area contributed by atoms with Gasteiger partial charge in [0.1, 0.15) is 23.3 Å². The molecule has 0 radical (unpaired) electrons. The Morgan fingerprint density at radius 2 is 0.974 bits per heavy atom. The fourth-order valence-corrected chi connectivity index (χ4v) is 4.31. The van der Waals surface area contributed by atoms with Gasteiger partial charge in [0.25, 0.3) is 0 Å². The van der Waals surface area contributed by atoms with Gasteiger partial charge in [0.2, 0.25) is 0 Å². The van der Waals surface area contributed by atoms with Gasteiger partial charge in [0.15, 0.2) is 0 Å². The van der Waals surface area contributed by atoms with Crippen molar-refractivity contribution in [3.63, 3.8) is 0 Å². The van der Waals surface area contributed by atoms with Crippen molar-refractivity contribution in [1.82, 2.24) is 19.9 Å². The van der Waals surface area contributed by atoms with Crippen LogP contribution in [0.5, 0.6) is 0 Å². The second-order valence-electron chi connectivity index (χ2n) is 8.18. The molecule has 196 valence electrons. The molecular formula is C26H24Cl4N8. The predicted octanol–water partition coefficient (Wildman–Crippen LogP) is 6.18. The molecule has 2 heterocycles. The van der Waals surface area contributed by atoms with Crippen LogP contribution in [0.15, 0.2) is 72.8 Å². The van der Waals surface area contributed by atoms with Crippen LogP contribution < -0.4 is 11.5 Å². The van der Waals surface area contributed by atoms with Gasteiger partial charge >= 0.3 is 0 Å². The zero-order valence-electron chi connectivity index (χ0n) is 19.6. The number of aromatic amines is 2. The van der Waals surface area contributed by atoms with E-state index < -0.39 is 0 Å². The average Bonchev–Trinajstić information content (AvgIpc) is 3.47. The number of nitrogens with one attached hydrogen (secondary N) is 4. The van der Waals surface area contributed by atoms with Gasteiger partial charge in [-0.25, -0.2) is 9.97 Å². The van der Waals surface area contributed by atoms with Crippen LogP contribution in [-0.2, 0) is 0 Å². The van der Waals surface area contributed by atoms with Crippen LogP contribution in [0.4, 0.5) is 0 Å². The minimum Gasteiger partial charge on any atom is -0.384 e. The van der Waals surface area contributed by atoms with E-state index in [-0.39, 0.29) is 61.3 Å². The molecule has 38 heavy (non-hydrogen) atoms. The first-order valence-corrected chi connectivity index (χ1v) is 10.7. The van der Waals surface area contributed by atoms with Gasteiger partial charge in [-0.1, -0.05) is 36.4 Å². The van der Waals surface area contributed by atoms with Crippen molar-refractivity contribution in [2.24, 2.45) is 11.5 Å². The Morgan fingerprint density at radius 1 is 0.579 bits per heavy atom. The highest BCUT2D eigenvalue weighted by Gasteiger charge is 2.13. The number of hydrogen-bond donors (Lipinski definition) is 6. The molecule has 6 aromatic rings. The molecule has 4 aromatic carbocycles. The normalized spacial score (nSPS) is 10.2. The molecular weight excluding hydrogens is 566 g/mol. The molecule has 0 unspecified atom stereocenters. The summed E-state index contributed by atoms with van der Waals surface area (Å²) in [4.78, 5) is 16.1. The highest BCUT2D eigenvalue weighted by Crippen LogP contribution is 2.29. The second kappa shape index (κ2) is 11.7. The molecule has 0 aliphatic rings. The number of hydrogen-bond acceptors (Lipinski definition) is 4. The van der Waals surface area contributed by atoms with Crippen LogP contribution in [0.25, 0.3) is 55.6 Å². The maximum absolute atomic E-state index is 7.80. The largest absolute Gasteiger partial charge is 0.384 e. The van der Waals surface area contributed by atoms with E-state index in [0.29, 0.717) is 22.2 Å². The van der Waals surface area contributed by atoms with Crippen molar-refractivity contribution in [2.45, 2.75) is 0 Å². The smallest absolute Gasteiger partial charge is 0.138 e. The van der Waals surface area contributed by atoms with E-state index >= 15 is 0 Å². The molecule has 8 nitrogen and oxygen atoms in total. The van der Waals surface area contributed by atoms with Gasteiger partial charge < -0.3 is 21.4 Å². The summed E-state index contributed by atoms with van der Waals surface area (Å²) in [5.74, 6) is 1.44. The number of imidazole rings is 2. The lowest BCUT2D eigenvalue weighted by atomic mass is 10.0. The van der Waals surface area contributed by atoms with Crippen molar-refractivity contribution in [3.05, 3.63) is 83.9 Å². The molecule has 8 N–H and O–H groups in total. The number of nitrogens with zero attached hydrogens (tertiary/aromatic N) is 2. The molecule has 0 atom stereocenters. The molecule has 0 spiro atoms. The first-order valence-electron chi connectivity index (χ1n) is 10.7. The molecule has 0 saturated carbocycles. The molecule has 0 fully saturated rings. The Morgan fingerprint density at radius 3 is 1.34 bits per heavy atom. The number of benzene rings is 4. The maximum atomic E-state index is 7.80. The van der Waals surface area contributed by atoms with Crippen LogP contribution >= 0.6 is 49.6 Å². The number of aromatic nitrogens is 4.